The second kappa shape index (κ2) is 9.78. The second-order valence-electron chi connectivity index (χ2n) is 6.85. The van der Waals surface area contributed by atoms with Gasteiger partial charge in [0.1, 0.15) is 0 Å². The van der Waals surface area contributed by atoms with Gasteiger partial charge in [0.25, 0.3) is 0 Å². The molecule has 0 aliphatic heterocycles. The minimum atomic E-state index is 0.0461. The van der Waals surface area contributed by atoms with Crippen molar-refractivity contribution in [2.45, 2.75) is 46.0 Å². The molecule has 0 saturated carbocycles. The largest absolute Gasteiger partial charge is 0.339 e. The van der Waals surface area contributed by atoms with Gasteiger partial charge in [0.2, 0.25) is 17.6 Å². The highest BCUT2D eigenvalue weighted by molar-refractivity contribution is 5.93. The van der Waals surface area contributed by atoms with Crippen molar-refractivity contribution in [3.05, 3.63) is 60.2 Å². The van der Waals surface area contributed by atoms with Gasteiger partial charge in [-0.25, -0.2) is 0 Å². The van der Waals surface area contributed by atoms with Crippen molar-refractivity contribution < 1.29 is 9.32 Å². The highest BCUT2D eigenvalue weighted by Crippen LogP contribution is 2.23. The van der Waals surface area contributed by atoms with Crippen LogP contribution in [0.15, 0.2) is 53.3 Å². The molecule has 0 aliphatic rings. The number of aromatic nitrogens is 3. The van der Waals surface area contributed by atoms with Crippen LogP contribution < -0.4 is 5.32 Å². The topological polar surface area (TPSA) is 80.9 Å². The summed E-state index contributed by atoms with van der Waals surface area (Å²) in [5.74, 6) is 1.17. The first-order valence-corrected chi connectivity index (χ1v) is 9.83. The van der Waals surface area contributed by atoms with Crippen LogP contribution in [0.25, 0.3) is 11.4 Å². The van der Waals surface area contributed by atoms with Crippen molar-refractivity contribution in [2.75, 3.05) is 5.32 Å². The fraction of sp³-hybridized carbons (Fsp3) is 0.364. The number of carbonyl (C=O) groups is 1. The van der Waals surface area contributed by atoms with E-state index in [1.54, 1.807) is 12.4 Å². The number of benzene rings is 1. The Labute approximate surface area is 165 Å². The number of para-hydroxylation sites is 1. The summed E-state index contributed by atoms with van der Waals surface area (Å²) >= 11 is 0. The van der Waals surface area contributed by atoms with Crippen molar-refractivity contribution >= 4 is 11.6 Å². The molecule has 0 atom stereocenters. The first kappa shape index (κ1) is 19.7. The zero-order valence-electron chi connectivity index (χ0n) is 16.4. The van der Waals surface area contributed by atoms with E-state index < -0.39 is 0 Å². The van der Waals surface area contributed by atoms with E-state index in [2.05, 4.69) is 34.3 Å². The number of hydrogen-bond donors (Lipinski definition) is 1. The van der Waals surface area contributed by atoms with Crippen molar-refractivity contribution in [3.63, 3.8) is 0 Å². The highest BCUT2D eigenvalue weighted by Gasteiger charge is 2.18. The Kier molecular flexibility index (Phi) is 6.89. The van der Waals surface area contributed by atoms with Gasteiger partial charge in [-0.05, 0) is 36.6 Å². The Morgan fingerprint density at radius 1 is 1.07 bits per heavy atom. The number of amides is 1. The third kappa shape index (κ3) is 5.03. The Hall–Kier alpha value is -3.02. The molecule has 0 unspecified atom stereocenters. The number of carbonyl (C=O) groups excluding carboxylic acids is 1. The van der Waals surface area contributed by atoms with Crippen LogP contribution in [0.5, 0.6) is 0 Å². The molecule has 0 aliphatic carbocycles. The summed E-state index contributed by atoms with van der Waals surface area (Å²) in [5, 5.41) is 7.15. The Morgan fingerprint density at radius 3 is 2.50 bits per heavy atom. The van der Waals surface area contributed by atoms with Crippen LogP contribution in [-0.2, 0) is 11.2 Å². The van der Waals surface area contributed by atoms with Crippen LogP contribution in [-0.4, -0.2) is 21.0 Å². The lowest BCUT2D eigenvalue weighted by Gasteiger charge is -2.17. The predicted octanol–water partition coefficient (Wildman–Crippen LogP) is 4.88. The number of hydrogen-bond acceptors (Lipinski definition) is 5. The molecule has 3 rings (SSSR count). The average Bonchev–Trinajstić information content (AvgIpc) is 3.18. The molecule has 6 nitrogen and oxygen atoms in total. The molecule has 2 aromatic heterocycles. The average molecular weight is 378 g/mol. The molecule has 0 spiro atoms. The molecule has 6 heteroatoms. The molecule has 1 amide bonds. The molecule has 0 saturated heterocycles. The quantitative estimate of drug-likeness (QED) is 0.574. The summed E-state index contributed by atoms with van der Waals surface area (Å²) < 4.78 is 5.41. The first-order valence-electron chi connectivity index (χ1n) is 9.83. The van der Waals surface area contributed by atoms with Gasteiger partial charge in [0.15, 0.2) is 0 Å². The van der Waals surface area contributed by atoms with E-state index in [0.29, 0.717) is 18.1 Å². The van der Waals surface area contributed by atoms with Crippen molar-refractivity contribution in [1.29, 1.82) is 0 Å². The maximum absolute atomic E-state index is 12.7. The molecular weight excluding hydrogens is 352 g/mol. The molecule has 0 fully saturated rings. The maximum Gasteiger partial charge on any atom is 0.231 e. The minimum Gasteiger partial charge on any atom is -0.339 e. The van der Waals surface area contributed by atoms with Gasteiger partial charge >= 0.3 is 0 Å². The zero-order valence-corrected chi connectivity index (χ0v) is 16.4. The van der Waals surface area contributed by atoms with Gasteiger partial charge in [-0.2, -0.15) is 4.98 Å². The Bertz CT molecular complexity index is 886. The van der Waals surface area contributed by atoms with E-state index in [9.17, 15) is 4.79 Å². The van der Waals surface area contributed by atoms with E-state index in [4.69, 9.17) is 4.52 Å². The Morgan fingerprint density at radius 2 is 1.79 bits per heavy atom. The lowest BCUT2D eigenvalue weighted by atomic mass is 9.97. The monoisotopic (exact) mass is 378 g/mol. The summed E-state index contributed by atoms with van der Waals surface area (Å²) in [6.45, 7) is 4.22. The molecule has 0 radical (unpaired) electrons. The molecule has 2 heterocycles. The standard InChI is InChI=1S/C22H26N4O2/c1-3-7-17(8-4-2)22(27)24-19-10-6-5-9-18(19)15-20-25-21(26-28-20)16-11-13-23-14-12-16/h5-6,9-14,17H,3-4,7-8,15H2,1-2H3,(H,24,27). The van der Waals surface area contributed by atoms with E-state index in [0.717, 1.165) is 42.5 Å². The zero-order chi connectivity index (χ0) is 19.8. The number of nitrogens with one attached hydrogen (secondary N) is 1. The van der Waals surface area contributed by atoms with E-state index >= 15 is 0 Å². The van der Waals surface area contributed by atoms with Crippen LogP contribution >= 0.6 is 0 Å². The summed E-state index contributed by atoms with van der Waals surface area (Å²) in [6.07, 6.45) is 7.65. The van der Waals surface area contributed by atoms with E-state index in [1.165, 1.54) is 0 Å². The lowest BCUT2D eigenvalue weighted by molar-refractivity contribution is -0.120. The second-order valence-corrected chi connectivity index (χ2v) is 6.85. The molecule has 1 N–H and O–H groups in total. The van der Waals surface area contributed by atoms with Crippen LogP contribution in [0.3, 0.4) is 0 Å². The third-order valence-corrected chi connectivity index (χ3v) is 4.67. The fourth-order valence-corrected chi connectivity index (χ4v) is 3.24. The molecule has 0 bridgehead atoms. The summed E-state index contributed by atoms with van der Waals surface area (Å²) in [6, 6.07) is 11.4. The number of pyridine rings is 1. The van der Waals surface area contributed by atoms with Crippen LogP contribution in [0, 0.1) is 5.92 Å². The van der Waals surface area contributed by atoms with Crippen LogP contribution in [0.1, 0.15) is 51.0 Å². The summed E-state index contributed by atoms with van der Waals surface area (Å²) in [7, 11) is 0. The van der Waals surface area contributed by atoms with Crippen LogP contribution in [0.2, 0.25) is 0 Å². The van der Waals surface area contributed by atoms with Gasteiger partial charge < -0.3 is 9.84 Å². The lowest BCUT2D eigenvalue weighted by Crippen LogP contribution is -2.23. The minimum absolute atomic E-state index is 0.0461. The van der Waals surface area contributed by atoms with Crippen LogP contribution in [0.4, 0.5) is 5.69 Å². The molecule has 146 valence electrons. The first-order chi connectivity index (χ1) is 13.7. The van der Waals surface area contributed by atoms with Gasteiger partial charge in [0.05, 0.1) is 6.42 Å². The molecule has 3 aromatic rings. The Balaban J connectivity index is 1.74. The van der Waals surface area contributed by atoms with Crippen molar-refractivity contribution in [3.8, 4) is 11.4 Å². The number of anilines is 1. The SMILES string of the molecule is CCCC(CCC)C(=O)Nc1ccccc1Cc1nc(-c2ccncc2)no1. The molecular formula is C22H26N4O2. The molecule has 1 aromatic carbocycles. The van der Waals surface area contributed by atoms with Gasteiger partial charge in [-0.15, -0.1) is 0 Å². The van der Waals surface area contributed by atoms with Gasteiger partial charge in [-0.1, -0.05) is 50.0 Å². The summed E-state index contributed by atoms with van der Waals surface area (Å²) in [5.41, 5.74) is 2.61. The third-order valence-electron chi connectivity index (χ3n) is 4.67. The van der Waals surface area contributed by atoms with Crippen molar-refractivity contribution in [2.24, 2.45) is 5.92 Å². The fourth-order valence-electron chi connectivity index (χ4n) is 3.24. The van der Waals surface area contributed by atoms with Gasteiger partial charge in [0, 0.05) is 29.6 Å². The van der Waals surface area contributed by atoms with Crippen molar-refractivity contribution in [1.82, 2.24) is 15.1 Å². The van der Waals surface area contributed by atoms with E-state index in [-0.39, 0.29) is 11.8 Å². The number of rotatable bonds is 9. The smallest absolute Gasteiger partial charge is 0.231 e. The molecule has 28 heavy (non-hydrogen) atoms. The van der Waals surface area contributed by atoms with E-state index in [1.807, 2.05) is 36.4 Å². The van der Waals surface area contributed by atoms with Gasteiger partial charge in [-0.3, -0.25) is 9.78 Å². The normalized spacial score (nSPS) is 11.0. The maximum atomic E-state index is 12.7. The summed E-state index contributed by atoms with van der Waals surface area (Å²) in [4.78, 5) is 21.2. The predicted molar refractivity (Wildman–Crippen MR) is 109 cm³/mol. The number of nitrogens with zero attached hydrogens (tertiary/aromatic N) is 3. The highest BCUT2D eigenvalue weighted by atomic mass is 16.5.